The van der Waals surface area contributed by atoms with Crippen molar-refractivity contribution >= 4 is 51.4 Å². The fraction of sp³-hybridized carbons (Fsp3) is 0. The molecule has 11 heavy (non-hydrogen) atoms. The van der Waals surface area contributed by atoms with E-state index in [0.29, 0.717) is 0 Å². The zero-order valence-electron chi connectivity index (χ0n) is 4.51. The van der Waals surface area contributed by atoms with Crippen LogP contribution in [0, 0.1) is 0 Å². The molecule has 0 amide bonds. The Morgan fingerprint density at radius 3 is 0.545 bits per heavy atom. The second kappa shape index (κ2) is 22.8. The fourth-order valence-electron chi connectivity index (χ4n) is 0. The molecule has 0 aromatic rings. The number of hydrogen-bond acceptors (Lipinski definition) is 0. The Labute approximate surface area is 93.2 Å². The van der Waals surface area contributed by atoms with Crippen molar-refractivity contribution in [1.82, 2.24) is 0 Å². The monoisotopic (exact) mass is 350 g/mol. The van der Waals surface area contributed by atoms with Gasteiger partial charge in [0, 0.05) is 0 Å². The molecule has 0 spiro atoms. The molecule has 0 heterocycles. The van der Waals surface area contributed by atoms with Crippen molar-refractivity contribution in [3.8, 4) is 0 Å². The van der Waals surface area contributed by atoms with Crippen molar-refractivity contribution in [3.63, 3.8) is 0 Å². The molecule has 0 atom stereocenters. The SMILES string of the molecule is O.O.O.O.O.[AlH3].[Cl][Zr]([Cl])([Cl])[Cl]. The summed E-state index contributed by atoms with van der Waals surface area (Å²) in [6.07, 6.45) is 0. The van der Waals surface area contributed by atoms with E-state index < -0.39 is 15.5 Å². The molecule has 0 rings (SSSR count). The van der Waals surface area contributed by atoms with Gasteiger partial charge in [-0.25, -0.2) is 0 Å². The predicted molar refractivity (Wildman–Crippen MR) is 51.4 cm³/mol. The van der Waals surface area contributed by atoms with E-state index in [4.69, 9.17) is 34.1 Å². The third-order valence-electron chi connectivity index (χ3n) is 0. The molecule has 0 saturated heterocycles. The molecule has 0 aromatic carbocycles. The Hall–Kier alpha value is 2.38. The summed E-state index contributed by atoms with van der Waals surface area (Å²) in [5.41, 5.74) is 0. The maximum atomic E-state index is 5.04. The van der Waals surface area contributed by atoms with Gasteiger partial charge in [0.2, 0.25) is 0 Å². The van der Waals surface area contributed by atoms with Crippen LogP contribution in [0.4, 0.5) is 0 Å². The Morgan fingerprint density at radius 1 is 0.545 bits per heavy atom. The van der Waals surface area contributed by atoms with Crippen LogP contribution in [0.3, 0.4) is 0 Å². The Morgan fingerprint density at radius 2 is 0.545 bits per heavy atom. The van der Waals surface area contributed by atoms with Gasteiger partial charge in [0.25, 0.3) is 0 Å². The van der Waals surface area contributed by atoms with Crippen molar-refractivity contribution in [2.75, 3.05) is 0 Å². The zero-order valence-corrected chi connectivity index (χ0v) is 9.99. The third-order valence-corrected chi connectivity index (χ3v) is 0. The molecule has 11 heteroatoms. The minimum atomic E-state index is -3.29. The second-order valence-electron chi connectivity index (χ2n) is 0.429. The van der Waals surface area contributed by atoms with Crippen LogP contribution in [0.1, 0.15) is 0 Å². The summed E-state index contributed by atoms with van der Waals surface area (Å²) >= 11 is -3.29. The molecule has 5 nitrogen and oxygen atoms in total. The molecule has 0 saturated carbocycles. The van der Waals surface area contributed by atoms with Crippen LogP contribution in [0.25, 0.3) is 0 Å². The molecule has 0 fully saturated rings. The fourth-order valence-corrected chi connectivity index (χ4v) is 0. The summed E-state index contributed by atoms with van der Waals surface area (Å²) in [6, 6.07) is 0. The number of halogens is 4. The summed E-state index contributed by atoms with van der Waals surface area (Å²) in [5, 5.41) is 0. The number of hydrogen-bond donors (Lipinski definition) is 0. The van der Waals surface area contributed by atoms with Crippen molar-refractivity contribution in [1.29, 1.82) is 0 Å². The van der Waals surface area contributed by atoms with Crippen LogP contribution in [-0.4, -0.2) is 44.7 Å². The summed E-state index contributed by atoms with van der Waals surface area (Å²) in [6.45, 7) is 0. The molecule has 0 aliphatic carbocycles. The zero-order chi connectivity index (χ0) is 4.50. The quantitative estimate of drug-likeness (QED) is 0.420. The van der Waals surface area contributed by atoms with Crippen molar-refractivity contribution in [3.05, 3.63) is 0 Å². The molecular formula is H13AlCl4O5Zr. The Bertz CT molecular complexity index is 34.0. The maximum absolute atomic E-state index is 5.04. The van der Waals surface area contributed by atoms with Gasteiger partial charge >= 0.3 is 49.5 Å². The van der Waals surface area contributed by atoms with E-state index in [1.165, 1.54) is 0 Å². The summed E-state index contributed by atoms with van der Waals surface area (Å²) in [4.78, 5) is 0. The first kappa shape index (κ1) is 50.4. The first-order valence-electron chi connectivity index (χ1n) is 0.756. The molecule has 0 aromatic heterocycles. The van der Waals surface area contributed by atoms with Gasteiger partial charge in [-0.15, -0.1) is 0 Å². The van der Waals surface area contributed by atoms with Gasteiger partial charge in [-0.2, -0.15) is 0 Å². The van der Waals surface area contributed by atoms with Crippen LogP contribution in [0.2, 0.25) is 0 Å². The van der Waals surface area contributed by atoms with E-state index in [1.807, 2.05) is 0 Å². The van der Waals surface area contributed by atoms with Gasteiger partial charge in [-0.3, -0.25) is 0 Å². The van der Waals surface area contributed by atoms with Gasteiger partial charge in [0.15, 0.2) is 17.4 Å². The van der Waals surface area contributed by atoms with E-state index in [9.17, 15) is 0 Å². The number of rotatable bonds is 0. The van der Waals surface area contributed by atoms with Crippen LogP contribution in [0.5, 0.6) is 0 Å². The van der Waals surface area contributed by atoms with Crippen LogP contribution in [0.15, 0.2) is 0 Å². The molecule has 78 valence electrons. The van der Waals surface area contributed by atoms with Crippen molar-refractivity contribution in [2.45, 2.75) is 0 Å². The first-order chi connectivity index (χ1) is 2.00. The molecule has 0 bridgehead atoms. The minimum absolute atomic E-state index is 0. The Kier molecular flexibility index (Phi) is 105. The van der Waals surface area contributed by atoms with Gasteiger partial charge < -0.3 is 27.4 Å². The van der Waals surface area contributed by atoms with Crippen LogP contribution >= 0.6 is 34.1 Å². The van der Waals surface area contributed by atoms with Crippen LogP contribution < -0.4 is 0 Å². The van der Waals surface area contributed by atoms with Gasteiger partial charge in [0.1, 0.15) is 0 Å². The molecule has 0 aliphatic heterocycles. The Balaban J connectivity index is -0.00000000533. The van der Waals surface area contributed by atoms with Crippen LogP contribution in [-0.2, 0) is 15.5 Å². The normalized spacial score (nSPS) is 5.45. The molecule has 0 aliphatic rings. The standard InChI is InChI=1S/Al.4ClH.5H2O.Zr.3H/h;4*1H;5*1H2;;;;/q;;;;;;;;;;+4;;;/p-4. The molecule has 0 unspecified atom stereocenters. The summed E-state index contributed by atoms with van der Waals surface area (Å²) < 4.78 is 0. The average Bonchev–Trinajstić information content (AvgIpc) is 0.722. The summed E-state index contributed by atoms with van der Waals surface area (Å²) in [5.74, 6) is 0. The molecular weight excluding hydrogens is 340 g/mol. The van der Waals surface area contributed by atoms with Gasteiger partial charge in [-0.1, -0.05) is 0 Å². The van der Waals surface area contributed by atoms with E-state index in [2.05, 4.69) is 0 Å². The average molecular weight is 353 g/mol. The van der Waals surface area contributed by atoms with Gasteiger partial charge in [-0.05, 0) is 0 Å². The molecule has 0 radical (unpaired) electrons. The van der Waals surface area contributed by atoms with Crippen molar-refractivity contribution in [2.24, 2.45) is 0 Å². The van der Waals surface area contributed by atoms with E-state index in [-0.39, 0.29) is 44.7 Å². The van der Waals surface area contributed by atoms with Crippen molar-refractivity contribution < 1.29 is 42.9 Å². The topological polar surface area (TPSA) is 158 Å². The first-order valence-corrected chi connectivity index (χ1v) is 13.4. The second-order valence-corrected chi connectivity index (χ2v) is 22.8. The van der Waals surface area contributed by atoms with E-state index >= 15 is 0 Å². The molecule has 10 N–H and O–H groups in total. The van der Waals surface area contributed by atoms with E-state index in [0.717, 1.165) is 0 Å². The van der Waals surface area contributed by atoms with E-state index in [1.54, 1.807) is 0 Å². The van der Waals surface area contributed by atoms with Gasteiger partial charge in [0.05, 0.1) is 0 Å². The predicted octanol–water partition coefficient (Wildman–Crippen LogP) is -2.55. The summed E-state index contributed by atoms with van der Waals surface area (Å²) in [7, 11) is 20.1. The third kappa shape index (κ3) is 236.